The number of benzene rings is 1. The maximum atomic E-state index is 4.44. The molecule has 0 unspecified atom stereocenters. The number of rotatable bonds is 2. The summed E-state index contributed by atoms with van der Waals surface area (Å²) in [6.45, 7) is 17.4. The van der Waals surface area contributed by atoms with Gasteiger partial charge in [-0.2, -0.15) is 10.2 Å². The van der Waals surface area contributed by atoms with Gasteiger partial charge in [0.1, 0.15) is 5.82 Å². The van der Waals surface area contributed by atoms with Crippen LogP contribution >= 0.6 is 0 Å². The van der Waals surface area contributed by atoms with Crippen LogP contribution in [0.4, 0.5) is 0 Å². The molecule has 0 spiro atoms. The molecular weight excluding hydrogens is 286 g/mol. The Kier molecular flexibility index (Phi) is 14.8. The van der Waals surface area contributed by atoms with E-state index in [9.17, 15) is 0 Å². The van der Waals surface area contributed by atoms with Gasteiger partial charge >= 0.3 is 0 Å². The second-order valence-electron chi connectivity index (χ2n) is 4.95. The molecule has 1 aromatic carbocycles. The van der Waals surface area contributed by atoms with Gasteiger partial charge in [0.05, 0.1) is 0 Å². The first-order chi connectivity index (χ1) is 11.0. The molecule has 1 heterocycles. The molecule has 0 saturated heterocycles. The molecule has 1 aromatic heterocycles. The number of aryl methyl sites for hydroxylation is 1. The van der Waals surface area contributed by atoms with Gasteiger partial charge < -0.3 is 5.84 Å². The summed E-state index contributed by atoms with van der Waals surface area (Å²) in [6.07, 6.45) is 1.25. The van der Waals surface area contributed by atoms with Crippen molar-refractivity contribution in [1.82, 2.24) is 15.2 Å². The van der Waals surface area contributed by atoms with Crippen LogP contribution in [0.5, 0.6) is 0 Å². The van der Waals surface area contributed by atoms with Crippen LogP contribution in [-0.2, 0) is 0 Å². The molecular formula is C18H33N5. The number of aromatic amines is 1. The van der Waals surface area contributed by atoms with Crippen LogP contribution in [0.15, 0.2) is 29.4 Å². The molecule has 3 N–H and O–H groups in total. The summed E-state index contributed by atoms with van der Waals surface area (Å²) < 4.78 is 0. The number of nitrogens with two attached hydrogens (primary N) is 1. The minimum absolute atomic E-state index is 0.386. The lowest BCUT2D eigenvalue weighted by atomic mass is 10.1. The standard InChI is InChI=1S/C12H15N3.C3H8.C2H6.CH4N2/c1-8(2)11-13-12(15-14-11)10-6-4-9(3)5-7-10;1-3-2;1-2;1-3-2/h4-8H,1-3H3,(H,13,14,15);3H2,1-2H3;1-2H3;1-2H2. The van der Waals surface area contributed by atoms with Gasteiger partial charge in [-0.05, 0) is 6.92 Å². The topological polar surface area (TPSA) is 80.0 Å². The van der Waals surface area contributed by atoms with Crippen LogP contribution in [-0.4, -0.2) is 21.9 Å². The van der Waals surface area contributed by atoms with Gasteiger partial charge in [0, 0.05) is 18.2 Å². The number of aromatic nitrogens is 3. The minimum Gasteiger partial charge on any atom is -0.324 e. The van der Waals surface area contributed by atoms with Crippen molar-refractivity contribution in [3.8, 4) is 11.4 Å². The van der Waals surface area contributed by atoms with E-state index in [0.29, 0.717) is 5.92 Å². The average molecular weight is 319 g/mol. The molecule has 0 aliphatic carbocycles. The molecule has 2 aromatic rings. The number of nitrogens with zero attached hydrogens (tertiary/aromatic N) is 3. The molecule has 0 amide bonds. The van der Waals surface area contributed by atoms with Gasteiger partial charge in [0.25, 0.3) is 0 Å². The van der Waals surface area contributed by atoms with Crippen LogP contribution in [0, 0.1) is 6.92 Å². The van der Waals surface area contributed by atoms with E-state index in [1.54, 1.807) is 0 Å². The number of hydrogen-bond acceptors (Lipinski definition) is 4. The van der Waals surface area contributed by atoms with Crippen molar-refractivity contribution in [3.63, 3.8) is 0 Å². The normalized spacial score (nSPS) is 8.70. The van der Waals surface area contributed by atoms with E-state index < -0.39 is 0 Å². The van der Waals surface area contributed by atoms with Crippen LogP contribution in [0.3, 0.4) is 0 Å². The molecule has 0 bridgehead atoms. The Labute approximate surface area is 141 Å². The Hall–Kier alpha value is -2.17. The van der Waals surface area contributed by atoms with Crippen molar-refractivity contribution in [2.75, 3.05) is 0 Å². The maximum Gasteiger partial charge on any atom is 0.181 e. The average Bonchev–Trinajstić information content (AvgIpc) is 3.02. The highest BCUT2D eigenvalue weighted by Gasteiger charge is 2.07. The first-order valence-corrected chi connectivity index (χ1v) is 8.15. The van der Waals surface area contributed by atoms with Crippen LogP contribution in [0.25, 0.3) is 11.4 Å². The van der Waals surface area contributed by atoms with E-state index >= 15 is 0 Å². The highest BCUT2D eigenvalue weighted by Crippen LogP contribution is 2.17. The van der Waals surface area contributed by atoms with Gasteiger partial charge in [-0.25, -0.2) is 4.98 Å². The fourth-order valence-electron chi connectivity index (χ4n) is 1.36. The third-order valence-corrected chi connectivity index (χ3v) is 2.36. The smallest absolute Gasteiger partial charge is 0.181 e. The molecule has 5 nitrogen and oxygen atoms in total. The zero-order valence-corrected chi connectivity index (χ0v) is 15.7. The molecule has 0 aliphatic rings. The van der Waals surface area contributed by atoms with Gasteiger partial charge in [0.2, 0.25) is 0 Å². The van der Waals surface area contributed by atoms with Gasteiger partial charge in [-0.1, -0.05) is 77.8 Å². The zero-order chi connectivity index (χ0) is 18.3. The van der Waals surface area contributed by atoms with Crippen molar-refractivity contribution < 1.29 is 0 Å². The second-order valence-corrected chi connectivity index (χ2v) is 4.95. The highest BCUT2D eigenvalue weighted by molar-refractivity contribution is 5.54. The number of hydrazone groups is 1. The fourth-order valence-corrected chi connectivity index (χ4v) is 1.36. The lowest BCUT2D eigenvalue weighted by molar-refractivity contribution is 0.781. The first kappa shape index (κ1) is 23.1. The summed E-state index contributed by atoms with van der Waals surface area (Å²) in [4.78, 5) is 4.44. The number of hydrogen-bond donors (Lipinski definition) is 2. The Morgan fingerprint density at radius 2 is 1.61 bits per heavy atom. The predicted molar refractivity (Wildman–Crippen MR) is 102 cm³/mol. The van der Waals surface area contributed by atoms with Gasteiger partial charge in [-0.3, -0.25) is 5.10 Å². The Balaban J connectivity index is 0. The summed E-state index contributed by atoms with van der Waals surface area (Å²) in [5.41, 5.74) is 2.31. The zero-order valence-electron chi connectivity index (χ0n) is 15.7. The lowest BCUT2D eigenvalue weighted by Crippen LogP contribution is -1.89. The van der Waals surface area contributed by atoms with Crippen LogP contribution in [0.2, 0.25) is 0 Å². The van der Waals surface area contributed by atoms with Crippen molar-refractivity contribution >= 4 is 6.72 Å². The Morgan fingerprint density at radius 3 is 1.96 bits per heavy atom. The molecule has 23 heavy (non-hydrogen) atoms. The summed E-state index contributed by atoms with van der Waals surface area (Å²) in [5, 5.41) is 9.91. The predicted octanol–water partition coefficient (Wildman–Crippen LogP) is 4.91. The molecule has 0 saturated carbocycles. The van der Waals surface area contributed by atoms with Crippen molar-refractivity contribution in [2.45, 2.75) is 60.8 Å². The van der Waals surface area contributed by atoms with Crippen molar-refractivity contribution in [2.24, 2.45) is 10.9 Å². The van der Waals surface area contributed by atoms with Crippen molar-refractivity contribution in [3.05, 3.63) is 35.7 Å². The molecule has 130 valence electrons. The third-order valence-electron chi connectivity index (χ3n) is 2.36. The second kappa shape index (κ2) is 14.8. The van der Waals surface area contributed by atoms with Gasteiger partial charge in [-0.15, -0.1) is 0 Å². The van der Waals surface area contributed by atoms with Gasteiger partial charge in [0.15, 0.2) is 5.82 Å². The monoisotopic (exact) mass is 319 g/mol. The van der Waals surface area contributed by atoms with E-state index in [4.69, 9.17) is 0 Å². The quantitative estimate of drug-likeness (QED) is 0.469. The largest absolute Gasteiger partial charge is 0.324 e. The van der Waals surface area contributed by atoms with Crippen LogP contribution < -0.4 is 5.84 Å². The highest BCUT2D eigenvalue weighted by atomic mass is 15.2. The maximum absolute atomic E-state index is 4.44. The molecule has 0 fully saturated rings. The molecule has 0 radical (unpaired) electrons. The van der Waals surface area contributed by atoms with E-state index in [1.807, 2.05) is 26.0 Å². The summed E-state index contributed by atoms with van der Waals surface area (Å²) in [5.74, 6) is 6.46. The Bertz CT molecular complexity index is 500. The van der Waals surface area contributed by atoms with Crippen molar-refractivity contribution in [1.29, 1.82) is 0 Å². The van der Waals surface area contributed by atoms with Crippen LogP contribution in [0.1, 0.15) is 65.3 Å². The van der Waals surface area contributed by atoms with E-state index in [0.717, 1.165) is 17.2 Å². The molecule has 0 aliphatic heterocycles. The summed E-state index contributed by atoms with van der Waals surface area (Å²) in [6, 6.07) is 8.23. The minimum atomic E-state index is 0.386. The van der Waals surface area contributed by atoms with E-state index in [2.05, 4.69) is 79.6 Å². The summed E-state index contributed by atoms with van der Waals surface area (Å²) >= 11 is 0. The summed E-state index contributed by atoms with van der Waals surface area (Å²) in [7, 11) is 0. The molecule has 5 heteroatoms. The lowest BCUT2D eigenvalue weighted by Gasteiger charge is -1.96. The fraction of sp³-hybridized carbons (Fsp3) is 0.500. The molecule has 0 atom stereocenters. The molecule has 2 rings (SSSR count). The number of H-pyrrole nitrogens is 1. The Morgan fingerprint density at radius 1 is 1.17 bits per heavy atom. The third kappa shape index (κ3) is 10.2. The number of nitrogens with one attached hydrogen (secondary N) is 1. The SMILES string of the molecule is C=NN.CC.CCC.Cc1ccc(-c2n[nH]c(C(C)C)n2)cc1. The van der Waals surface area contributed by atoms with E-state index in [-0.39, 0.29) is 0 Å². The van der Waals surface area contributed by atoms with E-state index in [1.165, 1.54) is 12.0 Å². The first-order valence-electron chi connectivity index (χ1n) is 8.15.